The molecule has 0 saturated heterocycles. The van der Waals surface area contributed by atoms with Crippen molar-refractivity contribution in [2.24, 2.45) is 0 Å². The van der Waals surface area contributed by atoms with Crippen molar-refractivity contribution in [3.8, 4) is 11.1 Å². The molecule has 11 heteroatoms. The Kier molecular flexibility index (Phi) is 15.3. The Hall–Kier alpha value is -4.15. The lowest BCUT2D eigenvalue weighted by molar-refractivity contribution is -0.144. The maximum absolute atomic E-state index is 14.1. The number of hydrogen-bond acceptors (Lipinski definition) is 5. The third kappa shape index (κ3) is 11.4. The molecule has 1 amide bonds. The molecule has 0 aliphatic heterocycles. The van der Waals surface area contributed by atoms with E-state index in [9.17, 15) is 27.6 Å². The third-order valence-electron chi connectivity index (χ3n) is 8.64. The number of likely N-dealkylation sites (N-methyl/N-ethyl adjacent to an activating group) is 1. The molecule has 51 heavy (non-hydrogen) atoms. The van der Waals surface area contributed by atoms with Crippen LogP contribution in [0.3, 0.4) is 0 Å². The molecular formula is C40H49ClF3N3O4. The van der Waals surface area contributed by atoms with Crippen LogP contribution in [0.25, 0.3) is 11.1 Å². The highest BCUT2D eigenvalue weighted by atomic mass is 35.5. The topological polar surface area (TPSA) is 80.6 Å². The minimum Gasteiger partial charge on any atom is -0.466 e. The highest BCUT2D eigenvalue weighted by Crippen LogP contribution is 2.36. The van der Waals surface area contributed by atoms with Gasteiger partial charge in [0.25, 0.3) is 5.56 Å². The fraction of sp³-hybridized carbons (Fsp3) is 0.425. The van der Waals surface area contributed by atoms with Crippen LogP contribution in [0.4, 0.5) is 13.2 Å². The van der Waals surface area contributed by atoms with Gasteiger partial charge in [0.2, 0.25) is 5.91 Å². The van der Waals surface area contributed by atoms with Gasteiger partial charge < -0.3 is 19.5 Å². The summed E-state index contributed by atoms with van der Waals surface area (Å²) in [7, 11) is 3.46. The van der Waals surface area contributed by atoms with Gasteiger partial charge in [-0.15, -0.1) is 13.2 Å². The van der Waals surface area contributed by atoms with Crippen LogP contribution >= 0.6 is 11.6 Å². The maximum atomic E-state index is 14.1. The summed E-state index contributed by atoms with van der Waals surface area (Å²) in [6.45, 7) is 13.7. The summed E-state index contributed by atoms with van der Waals surface area (Å²) in [4.78, 5) is 41.9. The monoisotopic (exact) mass is 727 g/mol. The average molecular weight is 728 g/mol. The number of pyridine rings is 1. The number of ether oxygens (including phenoxy) is 1. The lowest BCUT2D eigenvalue weighted by Crippen LogP contribution is -2.40. The Bertz CT molecular complexity index is 1770. The first-order valence-electron chi connectivity index (χ1n) is 17.2. The summed E-state index contributed by atoms with van der Waals surface area (Å²) in [6.07, 6.45) is 3.04. The largest absolute Gasteiger partial charge is 0.466 e. The molecule has 0 unspecified atom stereocenters. The number of amides is 1. The smallest absolute Gasteiger partial charge is 0.416 e. The number of nitrogens with one attached hydrogen (secondary N) is 1. The number of carbonyl (C=O) groups excluding carboxylic acids is 2. The molecule has 3 aromatic rings. The summed E-state index contributed by atoms with van der Waals surface area (Å²) in [5, 5.41) is 3.18. The highest BCUT2D eigenvalue weighted by molar-refractivity contribution is 6.31. The quantitative estimate of drug-likeness (QED) is 0.0806. The number of hydrogen-bond donors (Lipinski definition) is 1. The molecule has 2 atom stereocenters. The predicted octanol–water partition coefficient (Wildman–Crippen LogP) is 8.74. The number of aromatic nitrogens is 1. The second kappa shape index (κ2) is 18.9. The van der Waals surface area contributed by atoms with E-state index in [2.05, 4.69) is 37.5 Å². The van der Waals surface area contributed by atoms with Crippen LogP contribution < -0.4 is 10.9 Å². The molecule has 1 N–H and O–H groups in total. The van der Waals surface area contributed by atoms with E-state index < -0.39 is 41.3 Å². The zero-order chi connectivity index (χ0) is 37.9. The summed E-state index contributed by atoms with van der Waals surface area (Å²) in [5.41, 5.74) is 3.54. The van der Waals surface area contributed by atoms with Crippen molar-refractivity contribution < 1.29 is 27.5 Å². The van der Waals surface area contributed by atoms with E-state index in [4.69, 9.17) is 16.3 Å². The Morgan fingerprint density at radius 1 is 1.04 bits per heavy atom. The van der Waals surface area contributed by atoms with Gasteiger partial charge in [-0.3, -0.25) is 14.4 Å². The summed E-state index contributed by atoms with van der Waals surface area (Å²) < 4.78 is 48.2. The van der Waals surface area contributed by atoms with E-state index in [-0.39, 0.29) is 38.0 Å². The van der Waals surface area contributed by atoms with E-state index >= 15 is 0 Å². The number of carbonyl (C=O) groups is 2. The molecule has 0 bridgehead atoms. The Morgan fingerprint density at radius 3 is 2.39 bits per heavy atom. The first-order valence-corrected chi connectivity index (χ1v) is 17.5. The minimum atomic E-state index is -4.76. The van der Waals surface area contributed by atoms with E-state index in [1.165, 1.54) is 6.08 Å². The fourth-order valence-corrected chi connectivity index (χ4v) is 6.53. The SMILES string of the molecule is C=CCCCCc1cc(C)cc(C)c1-c1ccc(Cl)c([C@H](CC(=O)OCC)NC(=O)[C@H](CC=C)n2cc(CCN(C)C)c(C(F)(F)F)cc2=O)c1. The van der Waals surface area contributed by atoms with Gasteiger partial charge >= 0.3 is 12.1 Å². The van der Waals surface area contributed by atoms with Gasteiger partial charge in [-0.25, -0.2) is 0 Å². The van der Waals surface area contributed by atoms with Crippen LogP contribution in [0, 0.1) is 13.8 Å². The van der Waals surface area contributed by atoms with Crippen LogP contribution in [0.1, 0.15) is 84.5 Å². The molecule has 0 aliphatic carbocycles. The first kappa shape index (κ1) is 41.3. The van der Waals surface area contributed by atoms with Crippen LogP contribution in [-0.2, 0) is 33.3 Å². The van der Waals surface area contributed by atoms with Crippen molar-refractivity contribution in [2.75, 3.05) is 27.2 Å². The van der Waals surface area contributed by atoms with Gasteiger partial charge in [0.15, 0.2) is 0 Å². The molecule has 3 rings (SSSR count). The Balaban J connectivity index is 2.12. The third-order valence-corrected chi connectivity index (χ3v) is 8.99. The average Bonchev–Trinajstić information content (AvgIpc) is 3.04. The summed E-state index contributed by atoms with van der Waals surface area (Å²) >= 11 is 6.78. The van der Waals surface area contributed by atoms with Gasteiger partial charge in [-0.05, 0) is 119 Å². The molecule has 0 saturated carbocycles. The fourth-order valence-electron chi connectivity index (χ4n) is 6.28. The number of esters is 1. The number of nitrogens with zero attached hydrogens (tertiary/aromatic N) is 2. The summed E-state index contributed by atoms with van der Waals surface area (Å²) in [6, 6.07) is 8.01. The van der Waals surface area contributed by atoms with Crippen molar-refractivity contribution in [3.63, 3.8) is 0 Å². The lowest BCUT2D eigenvalue weighted by atomic mass is 9.88. The molecule has 1 heterocycles. The van der Waals surface area contributed by atoms with E-state index in [0.29, 0.717) is 16.7 Å². The second-order valence-corrected chi connectivity index (χ2v) is 13.4. The van der Waals surface area contributed by atoms with Gasteiger partial charge in [-0.1, -0.05) is 47.5 Å². The molecule has 0 spiro atoms. The zero-order valence-electron chi connectivity index (χ0n) is 30.2. The number of halogens is 4. The second-order valence-electron chi connectivity index (χ2n) is 13.0. The normalized spacial score (nSPS) is 12.7. The van der Waals surface area contributed by atoms with Crippen molar-refractivity contribution >= 4 is 23.5 Å². The van der Waals surface area contributed by atoms with Crippen LogP contribution in [0.2, 0.25) is 5.02 Å². The molecular weight excluding hydrogens is 679 g/mol. The predicted molar refractivity (Wildman–Crippen MR) is 198 cm³/mol. The first-order chi connectivity index (χ1) is 24.1. The van der Waals surface area contributed by atoms with Gasteiger partial charge in [0, 0.05) is 23.8 Å². The molecule has 0 radical (unpaired) electrons. The van der Waals surface area contributed by atoms with E-state index in [1.54, 1.807) is 32.0 Å². The lowest BCUT2D eigenvalue weighted by Gasteiger charge is -2.26. The standard InChI is InChI=1S/C40H49ClF3N3O4/c1-8-11-12-13-15-28-21-26(4)20-27(5)38(28)29-16-17-33(41)31(22-29)34(24-37(49)51-10-3)45-39(50)35(14-9-2)47-25-30(18-19-46(6)7)32(23-36(47)48)40(42,43)44/h8-9,16-17,20-23,25,34-35H,1-2,10-15,18-19,24H2,3-7H3,(H,45,50)/t34-,35-/m0/s1. The van der Waals surface area contributed by atoms with E-state index in [0.717, 1.165) is 64.3 Å². The van der Waals surface area contributed by atoms with Crippen LogP contribution in [-0.4, -0.2) is 48.6 Å². The molecule has 0 fully saturated rings. The number of allylic oxidation sites excluding steroid dienone is 2. The minimum absolute atomic E-state index is 0.00684. The summed E-state index contributed by atoms with van der Waals surface area (Å²) in [5.74, 6) is -1.28. The van der Waals surface area contributed by atoms with Crippen molar-refractivity contribution in [1.29, 1.82) is 0 Å². The van der Waals surface area contributed by atoms with Crippen LogP contribution in [0.15, 0.2) is 72.7 Å². The van der Waals surface area contributed by atoms with Crippen LogP contribution in [0.5, 0.6) is 0 Å². The molecule has 276 valence electrons. The molecule has 0 aliphatic rings. The van der Waals surface area contributed by atoms with Gasteiger partial charge in [-0.2, -0.15) is 13.2 Å². The van der Waals surface area contributed by atoms with Crippen molar-refractivity contribution in [2.45, 2.75) is 84.0 Å². The number of aryl methyl sites for hydroxylation is 3. The van der Waals surface area contributed by atoms with Crippen molar-refractivity contribution in [1.82, 2.24) is 14.8 Å². The van der Waals surface area contributed by atoms with Gasteiger partial charge in [0.1, 0.15) is 6.04 Å². The highest BCUT2D eigenvalue weighted by Gasteiger charge is 2.35. The Morgan fingerprint density at radius 2 is 1.76 bits per heavy atom. The maximum Gasteiger partial charge on any atom is 0.416 e. The zero-order valence-corrected chi connectivity index (χ0v) is 30.9. The molecule has 2 aromatic carbocycles. The number of alkyl halides is 3. The number of rotatable bonds is 18. The van der Waals surface area contributed by atoms with E-state index in [1.807, 2.05) is 25.1 Å². The molecule has 1 aromatic heterocycles. The number of benzene rings is 2. The number of unbranched alkanes of at least 4 members (excludes halogenated alkanes) is 2. The molecule has 7 nitrogen and oxygen atoms in total. The Labute approximate surface area is 304 Å². The van der Waals surface area contributed by atoms with Gasteiger partial charge in [0.05, 0.1) is 24.6 Å². The van der Waals surface area contributed by atoms with Crippen molar-refractivity contribution in [3.05, 3.63) is 117 Å².